The summed E-state index contributed by atoms with van der Waals surface area (Å²) in [6, 6.07) is 6.17. The first-order chi connectivity index (χ1) is 7.77. The van der Waals surface area contributed by atoms with Crippen LogP contribution in [0.1, 0.15) is 24.3 Å². The van der Waals surface area contributed by atoms with E-state index in [1.54, 1.807) is 6.07 Å². The molecule has 0 aromatic heterocycles. The number of hydrogen-bond acceptors (Lipinski definition) is 3. The molecule has 0 aliphatic carbocycles. The van der Waals surface area contributed by atoms with E-state index in [0.29, 0.717) is 24.3 Å². The number of phenolic OH excluding ortho intramolecular Hbond substituents is 1. The fraction of sp³-hybridized carbons (Fsp3) is 0.538. The monoisotopic (exact) mass is 219 g/mol. The number of rotatable bonds is 0. The summed E-state index contributed by atoms with van der Waals surface area (Å²) >= 11 is 0. The maximum absolute atomic E-state index is 9.77. The van der Waals surface area contributed by atoms with Gasteiger partial charge in [0.05, 0.1) is 6.04 Å². The Bertz CT molecular complexity index is 405. The van der Waals surface area contributed by atoms with Crippen LogP contribution in [0.2, 0.25) is 0 Å². The molecule has 3 heteroatoms. The smallest absolute Gasteiger partial charge is 0.164 e. The number of piperidine rings is 1. The average molecular weight is 219 g/mol. The van der Waals surface area contributed by atoms with Crippen LogP contribution in [-0.2, 0) is 0 Å². The van der Waals surface area contributed by atoms with Gasteiger partial charge in [-0.2, -0.15) is 0 Å². The Morgan fingerprint density at radius 1 is 1.44 bits per heavy atom. The van der Waals surface area contributed by atoms with Gasteiger partial charge in [-0.3, -0.25) is 4.90 Å². The molecule has 0 radical (unpaired) electrons. The van der Waals surface area contributed by atoms with E-state index in [-0.39, 0.29) is 5.75 Å². The Kier molecular flexibility index (Phi) is 2.28. The van der Waals surface area contributed by atoms with Crippen LogP contribution in [0.25, 0.3) is 0 Å². The zero-order valence-corrected chi connectivity index (χ0v) is 9.52. The number of ether oxygens (including phenoxy) is 1. The highest BCUT2D eigenvalue weighted by Gasteiger charge is 2.36. The molecular weight excluding hydrogens is 202 g/mol. The van der Waals surface area contributed by atoms with Crippen LogP contribution >= 0.6 is 0 Å². The third-order valence-corrected chi connectivity index (χ3v) is 3.88. The zero-order chi connectivity index (χ0) is 11.1. The standard InChI is InChI=1S/C13H17NO2/c1-14-7-3-5-9-10-4-2-6-12(15)13(10)16-8-11(9)14/h2,4,6,9,11,15H,3,5,7-8H2,1H3/t9-,11-/m0/s1. The molecule has 0 unspecified atom stereocenters. The van der Waals surface area contributed by atoms with Gasteiger partial charge in [0.1, 0.15) is 6.61 Å². The van der Waals surface area contributed by atoms with Crippen LogP contribution in [0.5, 0.6) is 11.5 Å². The molecule has 16 heavy (non-hydrogen) atoms. The second-order valence-electron chi connectivity index (χ2n) is 4.80. The Hall–Kier alpha value is -1.22. The van der Waals surface area contributed by atoms with E-state index in [1.807, 2.05) is 6.07 Å². The van der Waals surface area contributed by atoms with E-state index < -0.39 is 0 Å². The van der Waals surface area contributed by atoms with Crippen molar-refractivity contribution in [1.82, 2.24) is 4.90 Å². The van der Waals surface area contributed by atoms with Gasteiger partial charge in [-0.05, 0) is 32.5 Å². The highest BCUT2D eigenvalue weighted by Crippen LogP contribution is 2.44. The predicted molar refractivity (Wildman–Crippen MR) is 62.0 cm³/mol. The fourth-order valence-corrected chi connectivity index (χ4v) is 2.99. The number of benzene rings is 1. The van der Waals surface area contributed by atoms with Crippen molar-refractivity contribution in [3.8, 4) is 11.5 Å². The number of para-hydroxylation sites is 1. The van der Waals surface area contributed by atoms with Gasteiger partial charge in [0, 0.05) is 11.5 Å². The van der Waals surface area contributed by atoms with Gasteiger partial charge in [0.15, 0.2) is 11.5 Å². The molecule has 3 nitrogen and oxygen atoms in total. The van der Waals surface area contributed by atoms with Gasteiger partial charge in [-0.15, -0.1) is 0 Å². The largest absolute Gasteiger partial charge is 0.504 e. The van der Waals surface area contributed by atoms with Crippen LogP contribution in [0.3, 0.4) is 0 Å². The van der Waals surface area contributed by atoms with Crippen LogP contribution in [0, 0.1) is 0 Å². The van der Waals surface area contributed by atoms with Crippen molar-refractivity contribution in [3.63, 3.8) is 0 Å². The number of fused-ring (bicyclic) bond motifs is 3. The highest BCUT2D eigenvalue weighted by molar-refractivity contribution is 5.49. The minimum Gasteiger partial charge on any atom is -0.504 e. The quantitative estimate of drug-likeness (QED) is 0.724. The predicted octanol–water partition coefficient (Wildman–Crippen LogP) is 1.96. The van der Waals surface area contributed by atoms with E-state index in [4.69, 9.17) is 4.74 Å². The molecule has 0 spiro atoms. The van der Waals surface area contributed by atoms with Crippen molar-refractivity contribution >= 4 is 0 Å². The van der Waals surface area contributed by atoms with Crippen LogP contribution < -0.4 is 4.74 Å². The summed E-state index contributed by atoms with van der Waals surface area (Å²) in [5.74, 6) is 1.51. The summed E-state index contributed by atoms with van der Waals surface area (Å²) in [6.45, 7) is 1.85. The average Bonchev–Trinajstić information content (AvgIpc) is 2.30. The van der Waals surface area contributed by atoms with Crippen molar-refractivity contribution in [1.29, 1.82) is 0 Å². The lowest BCUT2D eigenvalue weighted by Gasteiger charge is -2.42. The van der Waals surface area contributed by atoms with E-state index >= 15 is 0 Å². The van der Waals surface area contributed by atoms with Crippen molar-refractivity contribution in [2.75, 3.05) is 20.2 Å². The first kappa shape index (κ1) is 9.97. The number of likely N-dealkylation sites (tertiary alicyclic amines) is 1. The Labute approximate surface area is 95.6 Å². The van der Waals surface area contributed by atoms with Gasteiger partial charge >= 0.3 is 0 Å². The number of phenols is 1. The lowest BCUT2D eigenvalue weighted by molar-refractivity contribution is 0.0849. The summed E-state index contributed by atoms with van der Waals surface area (Å²) < 4.78 is 5.70. The molecule has 0 bridgehead atoms. The molecule has 0 amide bonds. The molecule has 3 rings (SSSR count). The number of likely N-dealkylation sites (N-methyl/N-ethyl adjacent to an activating group) is 1. The molecule has 2 atom stereocenters. The second kappa shape index (κ2) is 3.67. The molecule has 1 aromatic rings. The third kappa shape index (κ3) is 1.39. The lowest BCUT2D eigenvalue weighted by atomic mass is 9.82. The van der Waals surface area contributed by atoms with Gasteiger partial charge in [-0.1, -0.05) is 12.1 Å². The molecule has 1 N–H and O–H groups in total. The van der Waals surface area contributed by atoms with Crippen LogP contribution in [0.4, 0.5) is 0 Å². The topological polar surface area (TPSA) is 32.7 Å². The third-order valence-electron chi connectivity index (χ3n) is 3.88. The maximum atomic E-state index is 9.77. The summed E-state index contributed by atoms with van der Waals surface area (Å²) in [5.41, 5.74) is 1.18. The number of nitrogens with zero attached hydrogens (tertiary/aromatic N) is 1. The summed E-state index contributed by atoms with van der Waals surface area (Å²) in [4.78, 5) is 2.38. The molecule has 86 valence electrons. The molecule has 1 aromatic carbocycles. The highest BCUT2D eigenvalue weighted by atomic mass is 16.5. The van der Waals surface area contributed by atoms with E-state index in [1.165, 1.54) is 18.4 Å². The molecule has 1 fully saturated rings. The minimum absolute atomic E-state index is 0.282. The van der Waals surface area contributed by atoms with Crippen molar-refractivity contribution in [2.45, 2.75) is 24.8 Å². The fourth-order valence-electron chi connectivity index (χ4n) is 2.99. The molecule has 2 aliphatic rings. The summed E-state index contributed by atoms with van der Waals surface area (Å²) in [6.07, 6.45) is 2.43. The molecule has 2 aliphatic heterocycles. The van der Waals surface area contributed by atoms with Crippen LogP contribution in [0.15, 0.2) is 18.2 Å². The van der Waals surface area contributed by atoms with Gasteiger partial charge in [-0.25, -0.2) is 0 Å². The van der Waals surface area contributed by atoms with Gasteiger partial charge < -0.3 is 9.84 Å². The number of hydrogen-bond donors (Lipinski definition) is 1. The van der Waals surface area contributed by atoms with Crippen molar-refractivity contribution in [3.05, 3.63) is 23.8 Å². The number of aromatic hydroxyl groups is 1. The van der Waals surface area contributed by atoms with Crippen molar-refractivity contribution < 1.29 is 9.84 Å². The lowest BCUT2D eigenvalue weighted by Crippen LogP contribution is -2.47. The SMILES string of the molecule is CN1CCC[C@H]2c3cccc(O)c3OC[C@@H]21. The molecule has 0 saturated carbocycles. The van der Waals surface area contributed by atoms with Crippen molar-refractivity contribution in [2.24, 2.45) is 0 Å². The molecule has 2 heterocycles. The van der Waals surface area contributed by atoms with E-state index in [0.717, 1.165) is 6.54 Å². The Morgan fingerprint density at radius 2 is 2.31 bits per heavy atom. The molecular formula is C13H17NO2. The minimum atomic E-state index is 0.282. The Balaban J connectivity index is 2.02. The van der Waals surface area contributed by atoms with E-state index in [2.05, 4.69) is 18.0 Å². The zero-order valence-electron chi connectivity index (χ0n) is 9.52. The maximum Gasteiger partial charge on any atom is 0.164 e. The normalized spacial score (nSPS) is 29.1. The second-order valence-corrected chi connectivity index (χ2v) is 4.80. The summed E-state index contributed by atoms with van der Waals surface area (Å²) in [5, 5.41) is 9.77. The molecule has 1 saturated heterocycles. The Morgan fingerprint density at radius 3 is 3.19 bits per heavy atom. The van der Waals surface area contributed by atoms with Crippen LogP contribution in [-0.4, -0.2) is 36.2 Å². The van der Waals surface area contributed by atoms with Gasteiger partial charge in [0.25, 0.3) is 0 Å². The first-order valence-corrected chi connectivity index (χ1v) is 5.92. The first-order valence-electron chi connectivity index (χ1n) is 5.92. The summed E-state index contributed by atoms with van der Waals surface area (Å²) in [7, 11) is 2.16. The van der Waals surface area contributed by atoms with E-state index in [9.17, 15) is 5.11 Å². The van der Waals surface area contributed by atoms with Gasteiger partial charge in [0.2, 0.25) is 0 Å².